The van der Waals surface area contributed by atoms with Gasteiger partial charge in [0.1, 0.15) is 11.3 Å². The van der Waals surface area contributed by atoms with Crippen LogP contribution in [-0.4, -0.2) is 22.3 Å². The van der Waals surface area contributed by atoms with Gasteiger partial charge in [-0.05, 0) is 24.5 Å². The number of benzene rings is 2. The highest BCUT2D eigenvalue weighted by Crippen LogP contribution is 2.35. The van der Waals surface area contributed by atoms with E-state index in [9.17, 15) is 20.0 Å². The van der Waals surface area contributed by atoms with Crippen molar-refractivity contribution in [2.45, 2.75) is 4.90 Å². The van der Waals surface area contributed by atoms with Gasteiger partial charge in [-0.15, -0.1) is 11.8 Å². The van der Waals surface area contributed by atoms with Crippen molar-refractivity contribution in [2.75, 3.05) is 6.26 Å². The number of ether oxygens (including phenoxy) is 1. The first kappa shape index (κ1) is 14.9. The lowest BCUT2D eigenvalue weighted by atomic mass is 10.2. The topological polar surface area (TPSA) is 89.7 Å². The molecule has 0 aliphatic rings. The van der Waals surface area contributed by atoms with Crippen LogP contribution in [0.25, 0.3) is 0 Å². The summed E-state index contributed by atoms with van der Waals surface area (Å²) in [4.78, 5) is 22.3. The van der Waals surface area contributed by atoms with Gasteiger partial charge in [-0.2, -0.15) is 0 Å². The van der Waals surface area contributed by atoms with Gasteiger partial charge in [-0.1, -0.05) is 18.2 Å². The molecule has 0 saturated heterocycles. The molecule has 21 heavy (non-hydrogen) atoms. The Labute approximate surface area is 124 Å². The quantitative estimate of drug-likeness (QED) is 0.513. The summed E-state index contributed by atoms with van der Waals surface area (Å²) in [5.74, 6) is -1.07. The Balaban J connectivity index is 2.50. The second-order valence-corrected chi connectivity index (χ2v) is 4.81. The van der Waals surface area contributed by atoms with Gasteiger partial charge in [-0.25, -0.2) is 4.79 Å². The molecule has 0 radical (unpaired) electrons. The lowest BCUT2D eigenvalue weighted by Gasteiger charge is -2.11. The highest BCUT2D eigenvalue weighted by Gasteiger charge is 2.20. The molecule has 2 aromatic rings. The number of hydrogen-bond acceptors (Lipinski definition) is 5. The van der Waals surface area contributed by atoms with Crippen molar-refractivity contribution in [3.05, 3.63) is 58.1 Å². The SMILES string of the molecule is CSc1cccc(Oc2ccccc2[N+](=O)[O-])c1C(=O)O. The maximum absolute atomic E-state index is 11.4. The van der Waals surface area contributed by atoms with Crippen LogP contribution in [-0.2, 0) is 0 Å². The van der Waals surface area contributed by atoms with Crippen molar-refractivity contribution in [1.82, 2.24) is 0 Å². The molecule has 0 aliphatic heterocycles. The molecule has 6 nitrogen and oxygen atoms in total. The Morgan fingerprint density at radius 1 is 1.19 bits per heavy atom. The minimum Gasteiger partial charge on any atom is -0.478 e. The van der Waals surface area contributed by atoms with Crippen LogP contribution in [0, 0.1) is 10.1 Å². The van der Waals surface area contributed by atoms with E-state index < -0.39 is 10.9 Å². The third-order valence-corrected chi connectivity index (χ3v) is 3.48. The number of nitro benzene ring substituents is 1. The Kier molecular flexibility index (Phi) is 4.44. The van der Waals surface area contributed by atoms with E-state index in [1.54, 1.807) is 24.5 Å². The molecule has 0 heterocycles. The summed E-state index contributed by atoms with van der Waals surface area (Å²) < 4.78 is 5.47. The van der Waals surface area contributed by atoms with Crippen LogP contribution in [0.2, 0.25) is 0 Å². The molecule has 0 saturated carbocycles. The van der Waals surface area contributed by atoms with Crippen molar-refractivity contribution in [2.24, 2.45) is 0 Å². The molecule has 1 N–H and O–H groups in total. The van der Waals surface area contributed by atoms with E-state index >= 15 is 0 Å². The first-order chi connectivity index (χ1) is 10.0. The molecule has 0 atom stereocenters. The Morgan fingerprint density at radius 2 is 1.86 bits per heavy atom. The Hall–Kier alpha value is -2.54. The van der Waals surface area contributed by atoms with Crippen LogP contribution in [0.15, 0.2) is 47.4 Å². The van der Waals surface area contributed by atoms with E-state index in [1.165, 1.54) is 36.0 Å². The van der Waals surface area contributed by atoms with Crippen molar-refractivity contribution in [1.29, 1.82) is 0 Å². The van der Waals surface area contributed by atoms with Gasteiger partial charge in [0, 0.05) is 11.0 Å². The monoisotopic (exact) mass is 305 g/mol. The number of thioether (sulfide) groups is 1. The van der Waals surface area contributed by atoms with Crippen LogP contribution >= 0.6 is 11.8 Å². The molecule has 2 aromatic carbocycles. The van der Waals surface area contributed by atoms with Crippen LogP contribution in [0.3, 0.4) is 0 Å². The zero-order valence-electron chi connectivity index (χ0n) is 11.0. The molecule has 0 spiro atoms. The normalized spacial score (nSPS) is 10.1. The third-order valence-electron chi connectivity index (χ3n) is 2.70. The largest absolute Gasteiger partial charge is 0.478 e. The summed E-state index contributed by atoms with van der Waals surface area (Å²) >= 11 is 1.26. The van der Waals surface area contributed by atoms with Gasteiger partial charge in [0.25, 0.3) is 0 Å². The van der Waals surface area contributed by atoms with E-state index in [2.05, 4.69) is 0 Å². The number of nitrogens with zero attached hydrogens (tertiary/aromatic N) is 1. The van der Waals surface area contributed by atoms with E-state index in [4.69, 9.17) is 4.74 Å². The van der Waals surface area contributed by atoms with E-state index in [1.807, 2.05) is 0 Å². The molecule has 0 aromatic heterocycles. The predicted molar refractivity (Wildman–Crippen MR) is 78.4 cm³/mol. The average Bonchev–Trinajstić information content (AvgIpc) is 2.47. The van der Waals surface area contributed by atoms with Crippen LogP contribution in [0.4, 0.5) is 5.69 Å². The second-order valence-electron chi connectivity index (χ2n) is 3.97. The fourth-order valence-corrected chi connectivity index (χ4v) is 2.40. The number of hydrogen-bond donors (Lipinski definition) is 1. The minimum atomic E-state index is -1.14. The summed E-state index contributed by atoms with van der Waals surface area (Å²) in [6.45, 7) is 0. The van der Waals surface area contributed by atoms with Gasteiger partial charge in [0.2, 0.25) is 5.75 Å². The van der Waals surface area contributed by atoms with Gasteiger partial charge >= 0.3 is 11.7 Å². The van der Waals surface area contributed by atoms with Crippen molar-refractivity contribution in [3.8, 4) is 11.5 Å². The summed E-state index contributed by atoms with van der Waals surface area (Å²) in [5.41, 5.74) is -0.230. The van der Waals surface area contributed by atoms with Gasteiger partial charge < -0.3 is 9.84 Å². The van der Waals surface area contributed by atoms with Gasteiger partial charge in [-0.3, -0.25) is 10.1 Å². The van der Waals surface area contributed by atoms with Gasteiger partial charge in [0.05, 0.1) is 4.92 Å². The first-order valence-corrected chi connectivity index (χ1v) is 7.08. The lowest BCUT2D eigenvalue weighted by molar-refractivity contribution is -0.385. The minimum absolute atomic E-state index is 0.00301. The Bertz CT molecular complexity index is 702. The number of carboxylic acids is 1. The zero-order valence-corrected chi connectivity index (χ0v) is 11.8. The maximum atomic E-state index is 11.4. The fourth-order valence-electron chi connectivity index (χ4n) is 1.79. The number of rotatable bonds is 5. The summed E-state index contributed by atoms with van der Waals surface area (Å²) in [7, 11) is 0. The molecular formula is C14H11NO5S. The number of para-hydroxylation sites is 2. The molecule has 7 heteroatoms. The Morgan fingerprint density at radius 3 is 2.48 bits per heavy atom. The number of aromatic carboxylic acids is 1. The molecule has 0 aliphatic carbocycles. The average molecular weight is 305 g/mol. The molecule has 0 fully saturated rings. The second kappa shape index (κ2) is 6.27. The number of nitro groups is 1. The molecule has 108 valence electrons. The van der Waals surface area contributed by atoms with Crippen LogP contribution < -0.4 is 4.74 Å². The molecule has 0 bridgehead atoms. The van der Waals surface area contributed by atoms with Crippen molar-refractivity contribution >= 4 is 23.4 Å². The van der Waals surface area contributed by atoms with E-state index in [-0.39, 0.29) is 22.7 Å². The standard InChI is InChI=1S/C14H11NO5S/c1-21-12-8-4-7-11(13(12)14(16)17)20-10-6-3-2-5-9(10)15(18)19/h2-8H,1H3,(H,16,17). The maximum Gasteiger partial charge on any atom is 0.340 e. The summed E-state index contributed by atoms with van der Waals surface area (Å²) in [5, 5.41) is 20.3. The van der Waals surface area contributed by atoms with E-state index in [0.717, 1.165) is 0 Å². The predicted octanol–water partition coefficient (Wildman–Crippen LogP) is 3.81. The first-order valence-electron chi connectivity index (χ1n) is 5.86. The smallest absolute Gasteiger partial charge is 0.340 e. The third kappa shape index (κ3) is 3.14. The summed E-state index contributed by atoms with van der Waals surface area (Å²) in [6.07, 6.45) is 1.75. The molecule has 0 unspecified atom stereocenters. The highest BCUT2D eigenvalue weighted by molar-refractivity contribution is 7.98. The highest BCUT2D eigenvalue weighted by atomic mass is 32.2. The van der Waals surface area contributed by atoms with Gasteiger partial charge in [0.15, 0.2) is 0 Å². The molecule has 0 amide bonds. The molecule has 2 rings (SSSR count). The number of carbonyl (C=O) groups is 1. The fraction of sp³-hybridized carbons (Fsp3) is 0.0714. The number of carboxylic acid groups (broad SMARTS) is 1. The summed E-state index contributed by atoms with van der Waals surface area (Å²) in [6, 6.07) is 10.6. The van der Waals surface area contributed by atoms with E-state index in [0.29, 0.717) is 4.90 Å². The lowest BCUT2D eigenvalue weighted by Crippen LogP contribution is -2.03. The van der Waals surface area contributed by atoms with Crippen LogP contribution in [0.5, 0.6) is 11.5 Å². The zero-order chi connectivity index (χ0) is 15.4. The van der Waals surface area contributed by atoms with Crippen LogP contribution in [0.1, 0.15) is 10.4 Å². The van der Waals surface area contributed by atoms with Crippen molar-refractivity contribution in [3.63, 3.8) is 0 Å². The molecular weight excluding hydrogens is 294 g/mol. The van der Waals surface area contributed by atoms with Crippen molar-refractivity contribution < 1.29 is 19.6 Å².